The van der Waals surface area contributed by atoms with E-state index in [0.29, 0.717) is 4.47 Å². The Morgan fingerprint density at radius 3 is 1.53 bits per heavy atom. The molecule has 3 aromatic carbocycles. The molecule has 6 heteroatoms. The molecular formula is C24H24Br2N2O2. The van der Waals surface area contributed by atoms with Crippen LogP contribution in [0.3, 0.4) is 0 Å². The lowest BCUT2D eigenvalue weighted by Gasteiger charge is -2.23. The second kappa shape index (κ2) is 9.23. The molecule has 0 radical (unpaired) electrons. The third kappa shape index (κ3) is 4.71. The van der Waals surface area contributed by atoms with Crippen LogP contribution in [0.1, 0.15) is 33.0 Å². The third-order valence-electron chi connectivity index (χ3n) is 5.12. The van der Waals surface area contributed by atoms with E-state index in [0.717, 1.165) is 32.5 Å². The van der Waals surface area contributed by atoms with Gasteiger partial charge in [-0.1, -0.05) is 24.3 Å². The number of carboxylic acid groups (broad SMARTS) is 1. The first kappa shape index (κ1) is 22.4. The second-order valence-corrected chi connectivity index (χ2v) is 9.27. The molecule has 30 heavy (non-hydrogen) atoms. The number of benzene rings is 3. The number of hydrogen-bond donors (Lipinski definition) is 1. The van der Waals surface area contributed by atoms with E-state index in [2.05, 4.69) is 80.4 Å². The Bertz CT molecular complexity index is 995. The van der Waals surface area contributed by atoms with Crippen molar-refractivity contribution in [1.29, 1.82) is 0 Å². The van der Waals surface area contributed by atoms with E-state index in [1.54, 1.807) is 6.07 Å². The van der Waals surface area contributed by atoms with E-state index in [4.69, 9.17) is 0 Å². The molecule has 0 unspecified atom stereocenters. The van der Waals surface area contributed by atoms with Gasteiger partial charge in [-0.05, 0) is 84.9 Å². The first-order valence-electron chi connectivity index (χ1n) is 9.46. The molecule has 0 bridgehead atoms. The summed E-state index contributed by atoms with van der Waals surface area (Å²) in [5.74, 6) is -1.16. The number of rotatable bonds is 6. The van der Waals surface area contributed by atoms with Gasteiger partial charge in [-0.25, -0.2) is 4.79 Å². The average molecular weight is 532 g/mol. The second-order valence-electron chi connectivity index (χ2n) is 7.56. The molecule has 0 heterocycles. The van der Waals surface area contributed by atoms with Gasteiger partial charge >= 0.3 is 5.97 Å². The highest BCUT2D eigenvalue weighted by Crippen LogP contribution is 2.39. The average Bonchev–Trinajstić information content (AvgIpc) is 2.71. The molecule has 3 rings (SSSR count). The molecule has 0 atom stereocenters. The Balaban J connectivity index is 2.22. The van der Waals surface area contributed by atoms with Crippen molar-refractivity contribution in [1.82, 2.24) is 0 Å². The maximum absolute atomic E-state index is 12.1. The Labute approximate surface area is 194 Å². The molecule has 0 aliphatic rings. The molecule has 0 saturated carbocycles. The number of carbonyl (C=O) groups is 1. The summed E-state index contributed by atoms with van der Waals surface area (Å²) in [4.78, 5) is 16.2. The van der Waals surface area contributed by atoms with Crippen molar-refractivity contribution in [3.8, 4) is 0 Å². The number of anilines is 2. The number of carboxylic acids is 1. The molecule has 0 aromatic heterocycles. The van der Waals surface area contributed by atoms with E-state index in [1.165, 1.54) is 0 Å². The minimum atomic E-state index is -0.946. The molecule has 0 saturated heterocycles. The maximum Gasteiger partial charge on any atom is 0.336 e. The van der Waals surface area contributed by atoms with Crippen LogP contribution in [0.15, 0.2) is 69.6 Å². The van der Waals surface area contributed by atoms with Gasteiger partial charge in [0.25, 0.3) is 0 Å². The summed E-state index contributed by atoms with van der Waals surface area (Å²) >= 11 is 6.99. The summed E-state index contributed by atoms with van der Waals surface area (Å²) in [6, 6.07) is 20.1. The SMILES string of the molecule is CN(C)c1ccc(C(c2ccc(N(C)C)cc2)c2cc(Br)c(Br)cc2C(=O)O)cc1. The standard InChI is InChI=1S/C24H24Br2N2O2/c1-27(2)17-9-5-15(6-10-17)23(16-7-11-18(12-8-16)28(3)4)19-13-21(25)22(26)14-20(19)24(29)30/h5-14,23H,1-4H3,(H,29,30). The maximum atomic E-state index is 12.1. The summed E-state index contributed by atoms with van der Waals surface area (Å²) < 4.78 is 1.54. The van der Waals surface area contributed by atoms with Crippen LogP contribution in [-0.4, -0.2) is 39.3 Å². The molecule has 0 aliphatic carbocycles. The minimum absolute atomic E-state index is 0.215. The number of halogens is 2. The van der Waals surface area contributed by atoms with Crippen molar-refractivity contribution in [2.24, 2.45) is 0 Å². The predicted molar refractivity (Wildman–Crippen MR) is 131 cm³/mol. The largest absolute Gasteiger partial charge is 0.478 e. The van der Waals surface area contributed by atoms with Crippen molar-refractivity contribution >= 4 is 49.2 Å². The highest BCUT2D eigenvalue weighted by Gasteiger charge is 2.24. The van der Waals surface area contributed by atoms with Crippen LogP contribution in [-0.2, 0) is 0 Å². The fourth-order valence-corrected chi connectivity index (χ4v) is 4.17. The summed E-state index contributed by atoms with van der Waals surface area (Å²) in [5.41, 5.74) is 5.29. The van der Waals surface area contributed by atoms with Crippen LogP contribution in [0.4, 0.5) is 11.4 Å². The van der Waals surface area contributed by atoms with Crippen LogP contribution in [0.25, 0.3) is 0 Å². The molecule has 3 aromatic rings. The summed E-state index contributed by atoms with van der Waals surface area (Å²) in [7, 11) is 8.00. The van der Waals surface area contributed by atoms with Crippen LogP contribution >= 0.6 is 31.9 Å². The Kier molecular flexibility index (Phi) is 6.88. The van der Waals surface area contributed by atoms with Gasteiger partial charge in [-0.3, -0.25) is 0 Å². The highest BCUT2D eigenvalue weighted by atomic mass is 79.9. The molecule has 0 amide bonds. The first-order valence-corrected chi connectivity index (χ1v) is 11.0. The van der Waals surface area contributed by atoms with Gasteiger partial charge in [-0.15, -0.1) is 0 Å². The van der Waals surface area contributed by atoms with Gasteiger partial charge in [0.05, 0.1) is 5.56 Å². The van der Waals surface area contributed by atoms with Gasteiger partial charge in [0.15, 0.2) is 0 Å². The van der Waals surface area contributed by atoms with Gasteiger partial charge in [-0.2, -0.15) is 0 Å². The third-order valence-corrected chi connectivity index (χ3v) is 6.96. The van der Waals surface area contributed by atoms with Gasteiger partial charge < -0.3 is 14.9 Å². The molecule has 1 N–H and O–H groups in total. The topological polar surface area (TPSA) is 43.8 Å². The van der Waals surface area contributed by atoms with Crippen molar-refractivity contribution in [2.75, 3.05) is 38.0 Å². The zero-order valence-corrected chi connectivity index (χ0v) is 20.5. The number of hydrogen-bond acceptors (Lipinski definition) is 3. The number of nitrogens with zero attached hydrogens (tertiary/aromatic N) is 2. The van der Waals surface area contributed by atoms with Crippen LogP contribution in [0.2, 0.25) is 0 Å². The zero-order valence-electron chi connectivity index (χ0n) is 17.4. The van der Waals surface area contributed by atoms with Crippen LogP contribution < -0.4 is 9.80 Å². The number of aromatic carboxylic acids is 1. The fourth-order valence-electron chi connectivity index (χ4n) is 3.47. The molecule has 4 nitrogen and oxygen atoms in total. The van der Waals surface area contributed by atoms with E-state index in [-0.39, 0.29) is 11.5 Å². The lowest BCUT2D eigenvalue weighted by Crippen LogP contribution is -2.13. The lowest BCUT2D eigenvalue weighted by atomic mass is 9.82. The predicted octanol–water partition coefficient (Wildman–Crippen LogP) is 6.22. The smallest absolute Gasteiger partial charge is 0.336 e. The van der Waals surface area contributed by atoms with Crippen LogP contribution in [0, 0.1) is 0 Å². The normalized spacial score (nSPS) is 10.9. The Morgan fingerprint density at radius 2 is 1.17 bits per heavy atom. The molecule has 0 fully saturated rings. The van der Waals surface area contributed by atoms with Gasteiger partial charge in [0, 0.05) is 54.4 Å². The highest BCUT2D eigenvalue weighted by molar-refractivity contribution is 9.13. The zero-order chi connectivity index (χ0) is 22.0. The molecule has 0 aliphatic heterocycles. The van der Waals surface area contributed by atoms with Crippen molar-refractivity contribution < 1.29 is 9.90 Å². The van der Waals surface area contributed by atoms with E-state index in [1.807, 2.05) is 44.1 Å². The van der Waals surface area contributed by atoms with Crippen LogP contribution in [0.5, 0.6) is 0 Å². The Morgan fingerprint density at radius 1 is 0.767 bits per heavy atom. The lowest BCUT2D eigenvalue weighted by molar-refractivity contribution is 0.0695. The van der Waals surface area contributed by atoms with Gasteiger partial charge in [0.2, 0.25) is 0 Å². The van der Waals surface area contributed by atoms with E-state index in [9.17, 15) is 9.90 Å². The van der Waals surface area contributed by atoms with Crippen molar-refractivity contribution in [2.45, 2.75) is 5.92 Å². The fraction of sp³-hybridized carbons (Fsp3) is 0.208. The van der Waals surface area contributed by atoms with Crippen molar-refractivity contribution in [3.05, 3.63) is 91.9 Å². The summed E-state index contributed by atoms with van der Waals surface area (Å²) in [6.45, 7) is 0. The molecular weight excluding hydrogens is 508 g/mol. The van der Waals surface area contributed by atoms with Crippen molar-refractivity contribution in [3.63, 3.8) is 0 Å². The minimum Gasteiger partial charge on any atom is -0.478 e. The summed E-state index contributed by atoms with van der Waals surface area (Å²) in [6.07, 6.45) is 0. The Hall–Kier alpha value is -2.31. The summed E-state index contributed by atoms with van der Waals surface area (Å²) in [5, 5.41) is 9.91. The quantitative estimate of drug-likeness (QED) is 0.383. The monoisotopic (exact) mass is 530 g/mol. The molecule has 0 spiro atoms. The first-order chi connectivity index (χ1) is 14.2. The molecule has 156 valence electrons. The van der Waals surface area contributed by atoms with E-state index >= 15 is 0 Å². The van der Waals surface area contributed by atoms with Gasteiger partial charge in [0.1, 0.15) is 0 Å². The van der Waals surface area contributed by atoms with E-state index < -0.39 is 5.97 Å².